The first-order valence-corrected chi connectivity index (χ1v) is 22.5. The van der Waals surface area contributed by atoms with Crippen molar-refractivity contribution in [2.75, 3.05) is 7.11 Å². The molecule has 1 saturated heterocycles. The Morgan fingerprint density at radius 2 is 1.16 bits per heavy atom. The molecular weight excluding hydrogens is 583 g/mol. The normalized spacial score (nSPS) is 24.0. The summed E-state index contributed by atoms with van der Waals surface area (Å²) in [5.41, 5.74) is 2.15. The Labute approximate surface area is 235 Å². The first-order chi connectivity index (χ1) is 18.6. The molecule has 2 aromatic carbocycles. The molecule has 0 spiro atoms. The Morgan fingerprint density at radius 3 is 1.58 bits per heavy atom. The zero-order valence-electron chi connectivity index (χ0n) is 24.0. The predicted octanol–water partition coefficient (Wildman–Crippen LogP) is 7.28. The van der Waals surface area contributed by atoms with Crippen LogP contribution in [0.1, 0.15) is 70.4 Å². The Balaban J connectivity index is 1.93. The van der Waals surface area contributed by atoms with Crippen molar-refractivity contribution in [3.05, 3.63) is 71.8 Å². The summed E-state index contributed by atoms with van der Waals surface area (Å²) >= 11 is -3.01. The molecule has 5 nitrogen and oxygen atoms in total. The number of aliphatic hydroxyl groups is 1. The molecule has 0 bridgehead atoms. The molecule has 2 aromatic rings. The minimum atomic E-state index is -3.01. The van der Waals surface area contributed by atoms with Crippen LogP contribution in [0.4, 0.5) is 0 Å². The van der Waals surface area contributed by atoms with E-state index in [2.05, 4.69) is 32.9 Å². The van der Waals surface area contributed by atoms with Crippen molar-refractivity contribution in [1.82, 2.24) is 0 Å². The molecule has 0 saturated carbocycles. The van der Waals surface area contributed by atoms with Gasteiger partial charge >= 0.3 is 236 Å². The molecule has 1 fully saturated rings. The summed E-state index contributed by atoms with van der Waals surface area (Å²) in [6, 6.07) is 20.3. The van der Waals surface area contributed by atoms with Crippen molar-refractivity contribution in [3.63, 3.8) is 0 Å². The number of ether oxygens (including phenoxy) is 4. The predicted molar refractivity (Wildman–Crippen MR) is 157 cm³/mol. The fourth-order valence-corrected chi connectivity index (χ4v) is 23.3. The van der Waals surface area contributed by atoms with Crippen molar-refractivity contribution in [3.8, 4) is 0 Å². The van der Waals surface area contributed by atoms with E-state index in [-0.39, 0.29) is 4.12 Å². The molecule has 3 rings (SSSR count). The Morgan fingerprint density at radius 1 is 0.711 bits per heavy atom. The summed E-state index contributed by atoms with van der Waals surface area (Å²) in [5.74, 6) is 0. The van der Waals surface area contributed by atoms with E-state index in [1.807, 2.05) is 48.5 Å². The van der Waals surface area contributed by atoms with Gasteiger partial charge in [-0.15, -0.1) is 0 Å². The SMILES string of the molecule is CCC[CH2][Sn]([CH2]CCC)([CH2]CCC)[C@@H]1O[C@H](OC)[C@H](OCc2ccccc2)[C@@H](OCc2ccccc2)[C@H]1O. The molecule has 0 unspecified atom stereocenters. The molecule has 6 heteroatoms. The van der Waals surface area contributed by atoms with Crippen LogP contribution in [0.15, 0.2) is 60.7 Å². The molecule has 5 atom stereocenters. The van der Waals surface area contributed by atoms with Gasteiger partial charge in [-0.25, -0.2) is 0 Å². The van der Waals surface area contributed by atoms with Crippen LogP contribution >= 0.6 is 0 Å². The fraction of sp³-hybridized carbons (Fsp3) is 0.625. The van der Waals surface area contributed by atoms with Crippen LogP contribution in [-0.4, -0.2) is 59.3 Å². The summed E-state index contributed by atoms with van der Waals surface area (Å²) in [7, 11) is 1.69. The van der Waals surface area contributed by atoms with Crippen LogP contribution < -0.4 is 0 Å². The van der Waals surface area contributed by atoms with E-state index < -0.39 is 43.0 Å². The number of methoxy groups -OCH3 is 1. The van der Waals surface area contributed by atoms with Crippen LogP contribution in [-0.2, 0) is 32.2 Å². The Bertz CT molecular complexity index is 858. The third kappa shape index (κ3) is 8.77. The monoisotopic (exact) mass is 634 g/mol. The number of rotatable bonds is 17. The molecule has 0 aromatic heterocycles. The van der Waals surface area contributed by atoms with Gasteiger partial charge in [0.05, 0.1) is 0 Å². The van der Waals surface area contributed by atoms with E-state index in [4.69, 9.17) is 18.9 Å². The van der Waals surface area contributed by atoms with E-state index in [0.717, 1.165) is 11.1 Å². The molecular formula is C32H50O5Sn. The van der Waals surface area contributed by atoms with E-state index in [1.165, 1.54) is 51.8 Å². The summed E-state index contributed by atoms with van der Waals surface area (Å²) in [6.07, 6.45) is 4.77. The van der Waals surface area contributed by atoms with Crippen LogP contribution in [0.2, 0.25) is 13.3 Å². The van der Waals surface area contributed by atoms with Crippen molar-refractivity contribution >= 4 is 18.4 Å². The van der Waals surface area contributed by atoms with E-state index in [0.29, 0.717) is 13.2 Å². The van der Waals surface area contributed by atoms with Gasteiger partial charge in [0, 0.05) is 0 Å². The maximum atomic E-state index is 12.1. The second-order valence-electron chi connectivity index (χ2n) is 10.8. The molecule has 0 amide bonds. The Hall–Kier alpha value is -0.961. The first-order valence-electron chi connectivity index (χ1n) is 14.8. The number of hydrogen-bond donors (Lipinski definition) is 1. The van der Waals surface area contributed by atoms with Gasteiger partial charge in [-0.1, -0.05) is 0 Å². The number of hydrogen-bond acceptors (Lipinski definition) is 5. The van der Waals surface area contributed by atoms with Gasteiger partial charge in [0.25, 0.3) is 0 Å². The minimum absolute atomic E-state index is 0.170. The topological polar surface area (TPSA) is 57.2 Å². The summed E-state index contributed by atoms with van der Waals surface area (Å²) in [5, 5.41) is 12.1. The molecule has 1 N–H and O–H groups in total. The molecule has 0 radical (unpaired) electrons. The molecule has 0 aliphatic carbocycles. The van der Waals surface area contributed by atoms with Crippen LogP contribution in [0.5, 0.6) is 0 Å². The van der Waals surface area contributed by atoms with Crippen molar-refractivity contribution in [2.24, 2.45) is 0 Å². The average Bonchev–Trinajstić information content (AvgIpc) is 2.96. The zero-order valence-corrected chi connectivity index (χ0v) is 26.9. The van der Waals surface area contributed by atoms with E-state index in [9.17, 15) is 5.11 Å². The summed E-state index contributed by atoms with van der Waals surface area (Å²) in [6.45, 7) is 7.63. The molecule has 1 aliphatic rings. The maximum absolute atomic E-state index is 12.1. The number of benzene rings is 2. The molecule has 1 aliphatic heterocycles. The van der Waals surface area contributed by atoms with E-state index >= 15 is 0 Å². The van der Waals surface area contributed by atoms with Crippen LogP contribution in [0.25, 0.3) is 0 Å². The van der Waals surface area contributed by atoms with Crippen LogP contribution in [0, 0.1) is 0 Å². The van der Waals surface area contributed by atoms with Crippen LogP contribution in [0.3, 0.4) is 0 Å². The zero-order chi connectivity index (χ0) is 27.2. The van der Waals surface area contributed by atoms with Crippen molar-refractivity contribution in [2.45, 2.75) is 115 Å². The Kier molecular flexibility index (Phi) is 14.1. The van der Waals surface area contributed by atoms with Gasteiger partial charge in [0.2, 0.25) is 0 Å². The van der Waals surface area contributed by atoms with Crippen molar-refractivity contribution in [1.29, 1.82) is 0 Å². The molecule has 212 valence electrons. The summed E-state index contributed by atoms with van der Waals surface area (Å²) in [4.78, 5) is 0. The number of unbranched alkanes of at least 4 members (excludes halogenated alkanes) is 3. The first kappa shape index (κ1) is 31.6. The molecule has 1 heterocycles. The second kappa shape index (κ2) is 17.0. The van der Waals surface area contributed by atoms with E-state index in [1.54, 1.807) is 7.11 Å². The average molecular weight is 633 g/mol. The summed E-state index contributed by atoms with van der Waals surface area (Å²) < 4.78 is 29.3. The fourth-order valence-electron chi connectivity index (χ4n) is 5.81. The van der Waals surface area contributed by atoms with Gasteiger partial charge < -0.3 is 0 Å². The van der Waals surface area contributed by atoms with Gasteiger partial charge in [-0.2, -0.15) is 0 Å². The number of aliphatic hydroxyl groups excluding tert-OH is 1. The second-order valence-corrected chi connectivity index (χ2v) is 24.5. The third-order valence-electron chi connectivity index (χ3n) is 8.01. The third-order valence-corrected chi connectivity index (χ3v) is 24.4. The van der Waals surface area contributed by atoms with Gasteiger partial charge in [0.1, 0.15) is 0 Å². The van der Waals surface area contributed by atoms with Gasteiger partial charge in [-0.3, -0.25) is 0 Å². The standard InChI is InChI=1S/C20H23O5.3C4H9.Sn/c1-22-20-19(24-13-16-10-6-3-7-11-16)18(17(21)14-25-20)23-12-15-8-4-2-5-9-15;3*1-3-4-2;/h2-11,14,17-21H,12-13H2,1H3;3*1,3-4H2,2H3;/t17-,18-,19+,20-;;;;/m0..../s1. The van der Waals surface area contributed by atoms with Gasteiger partial charge in [0.15, 0.2) is 0 Å². The molecule has 38 heavy (non-hydrogen) atoms. The van der Waals surface area contributed by atoms with Crippen molar-refractivity contribution < 1.29 is 24.1 Å². The van der Waals surface area contributed by atoms with Gasteiger partial charge in [-0.05, 0) is 0 Å². The quantitative estimate of drug-likeness (QED) is 0.186.